The lowest BCUT2D eigenvalue weighted by molar-refractivity contribution is -0.224. The summed E-state index contributed by atoms with van der Waals surface area (Å²) in [5, 5.41) is 22.5. The van der Waals surface area contributed by atoms with E-state index in [1.54, 1.807) is 6.08 Å². The number of ether oxygens (including phenoxy) is 2. The van der Waals surface area contributed by atoms with Crippen molar-refractivity contribution in [3.63, 3.8) is 0 Å². The van der Waals surface area contributed by atoms with Crippen LogP contribution in [0.15, 0.2) is 23.3 Å². The van der Waals surface area contributed by atoms with Gasteiger partial charge in [0.15, 0.2) is 0 Å². The summed E-state index contributed by atoms with van der Waals surface area (Å²) in [5.41, 5.74) is -0.00295. The third-order valence-corrected chi connectivity index (χ3v) is 8.63. The molecule has 0 unspecified atom stereocenters. The van der Waals surface area contributed by atoms with Crippen LogP contribution in [0, 0.1) is 22.7 Å². The molecule has 0 bridgehead atoms. The van der Waals surface area contributed by atoms with Crippen LogP contribution < -0.4 is 0 Å². The van der Waals surface area contributed by atoms with Crippen LogP contribution in [-0.4, -0.2) is 47.1 Å². The Kier molecular flexibility index (Phi) is 6.98. The maximum atomic E-state index is 12.8. The number of carbonyl (C=O) groups is 2. The van der Waals surface area contributed by atoms with Crippen LogP contribution in [0.3, 0.4) is 0 Å². The molecule has 1 aliphatic heterocycles. The molecule has 7 atom stereocenters. The van der Waals surface area contributed by atoms with Crippen LogP contribution in [0.25, 0.3) is 0 Å². The first-order chi connectivity index (χ1) is 14.8. The highest BCUT2D eigenvalue weighted by atomic mass is 16.5. The van der Waals surface area contributed by atoms with Crippen molar-refractivity contribution in [2.24, 2.45) is 22.7 Å². The molecule has 1 heterocycles. The number of rotatable bonds is 6. The topological polar surface area (TPSA) is 93.1 Å². The van der Waals surface area contributed by atoms with E-state index < -0.39 is 17.1 Å². The maximum Gasteiger partial charge on any atom is 0.331 e. The second kappa shape index (κ2) is 8.94. The Hall–Kier alpha value is -1.66. The van der Waals surface area contributed by atoms with E-state index in [-0.39, 0.29) is 41.7 Å². The molecule has 3 rings (SSSR count). The third kappa shape index (κ3) is 4.41. The fourth-order valence-electron chi connectivity index (χ4n) is 7.19. The van der Waals surface area contributed by atoms with E-state index in [4.69, 9.17) is 9.47 Å². The van der Waals surface area contributed by atoms with Crippen molar-refractivity contribution in [3.05, 3.63) is 23.3 Å². The first-order valence-electron chi connectivity index (χ1n) is 11.9. The van der Waals surface area contributed by atoms with Gasteiger partial charge in [-0.1, -0.05) is 25.0 Å². The van der Waals surface area contributed by atoms with Gasteiger partial charge in [0, 0.05) is 24.8 Å². The molecule has 0 spiro atoms. The summed E-state index contributed by atoms with van der Waals surface area (Å²) >= 11 is 0. The van der Waals surface area contributed by atoms with E-state index in [0.29, 0.717) is 12.8 Å². The Morgan fingerprint density at radius 3 is 2.59 bits per heavy atom. The fourth-order valence-corrected chi connectivity index (χ4v) is 7.19. The molecular weight excluding hydrogens is 408 g/mol. The number of hydrogen-bond acceptors (Lipinski definition) is 6. The number of hydrogen-bond donors (Lipinski definition) is 2. The Bertz CT molecular complexity index is 811. The number of aliphatic hydroxyl groups is 2. The molecule has 3 aliphatic rings. The van der Waals surface area contributed by atoms with Crippen LogP contribution in [-0.2, 0) is 19.1 Å². The maximum absolute atomic E-state index is 12.8. The molecule has 0 saturated heterocycles. The van der Waals surface area contributed by atoms with Crippen LogP contribution in [0.5, 0.6) is 0 Å². The number of carbonyl (C=O) groups excluding carboxylic acids is 2. The first kappa shape index (κ1) is 25.0. The van der Waals surface area contributed by atoms with Gasteiger partial charge in [0.25, 0.3) is 0 Å². The molecule has 6 nitrogen and oxygen atoms in total. The summed E-state index contributed by atoms with van der Waals surface area (Å²) in [6, 6.07) is 0. The lowest BCUT2D eigenvalue weighted by Crippen LogP contribution is -2.64. The second-order valence-corrected chi connectivity index (χ2v) is 11.1. The highest BCUT2D eigenvalue weighted by Crippen LogP contribution is 2.63. The summed E-state index contributed by atoms with van der Waals surface area (Å²) in [4.78, 5) is 24.2. The summed E-state index contributed by atoms with van der Waals surface area (Å²) in [6.45, 7) is 9.88. The number of allylic oxidation sites excluding steroid dienone is 1. The molecule has 2 saturated carbocycles. The molecule has 0 aromatic rings. The van der Waals surface area contributed by atoms with Gasteiger partial charge in [0.2, 0.25) is 0 Å². The highest BCUT2D eigenvalue weighted by Gasteiger charge is 2.64. The predicted octanol–water partition coefficient (Wildman–Crippen LogP) is 4.09. The normalized spacial score (nSPS) is 42.2. The summed E-state index contributed by atoms with van der Waals surface area (Å²) < 4.78 is 10.5. The average molecular weight is 449 g/mol. The Morgan fingerprint density at radius 2 is 2.00 bits per heavy atom. The van der Waals surface area contributed by atoms with Gasteiger partial charge in [-0.25, -0.2) is 4.79 Å². The second-order valence-electron chi connectivity index (χ2n) is 11.1. The summed E-state index contributed by atoms with van der Waals surface area (Å²) in [5.74, 6) is -0.850. The van der Waals surface area contributed by atoms with Crippen molar-refractivity contribution < 1.29 is 29.3 Å². The minimum Gasteiger partial charge on any atom is -0.469 e. The number of cyclic esters (lactones) is 1. The largest absolute Gasteiger partial charge is 0.469 e. The van der Waals surface area contributed by atoms with Crippen molar-refractivity contribution in [1.29, 1.82) is 0 Å². The van der Waals surface area contributed by atoms with Crippen LogP contribution >= 0.6 is 0 Å². The number of fused-ring (bicyclic) bond motifs is 1. The molecule has 0 aromatic heterocycles. The smallest absolute Gasteiger partial charge is 0.331 e. The molecule has 2 N–H and O–H groups in total. The molecule has 6 heteroatoms. The van der Waals surface area contributed by atoms with E-state index in [9.17, 15) is 19.8 Å². The van der Waals surface area contributed by atoms with Gasteiger partial charge in [-0.15, -0.1) is 0 Å². The molecular formula is C26H40O6. The lowest BCUT2D eigenvalue weighted by Gasteiger charge is -2.62. The summed E-state index contributed by atoms with van der Waals surface area (Å²) in [7, 11) is 1.41. The highest BCUT2D eigenvalue weighted by molar-refractivity contribution is 5.85. The van der Waals surface area contributed by atoms with Crippen LogP contribution in [0.1, 0.15) is 79.6 Å². The first-order valence-corrected chi connectivity index (χ1v) is 11.9. The number of esters is 2. The molecule has 32 heavy (non-hydrogen) atoms. The minimum atomic E-state index is -1.01. The van der Waals surface area contributed by atoms with E-state index in [2.05, 4.69) is 19.9 Å². The molecule has 0 aromatic carbocycles. The van der Waals surface area contributed by atoms with Gasteiger partial charge in [0.05, 0.1) is 24.2 Å². The van der Waals surface area contributed by atoms with Gasteiger partial charge < -0.3 is 19.7 Å². The SMILES string of the molecule is COC(=O)[C@]1(C)CCC[C@@]2(C)[C@H]1[C@@H](O)C[C@@](C)(O)[C@@H]2CC/C(C)=C/C[C@@H]1OC(=O)C=C1C. The Balaban J connectivity index is 1.78. The monoisotopic (exact) mass is 448 g/mol. The van der Waals surface area contributed by atoms with E-state index >= 15 is 0 Å². The zero-order chi connectivity index (χ0) is 23.9. The zero-order valence-electron chi connectivity index (χ0n) is 20.4. The van der Waals surface area contributed by atoms with Gasteiger partial charge in [-0.05, 0) is 70.3 Å². The molecule has 0 radical (unpaired) electrons. The lowest BCUT2D eigenvalue weighted by atomic mass is 9.44. The van der Waals surface area contributed by atoms with Crippen LogP contribution in [0.4, 0.5) is 0 Å². The molecule has 0 amide bonds. The third-order valence-electron chi connectivity index (χ3n) is 8.63. The van der Waals surface area contributed by atoms with E-state index in [1.807, 2.05) is 20.8 Å². The van der Waals surface area contributed by atoms with E-state index in [1.165, 1.54) is 12.7 Å². The average Bonchev–Trinajstić information content (AvgIpc) is 3.01. The zero-order valence-corrected chi connectivity index (χ0v) is 20.4. The van der Waals surface area contributed by atoms with E-state index in [0.717, 1.165) is 31.3 Å². The number of methoxy groups -OCH3 is 1. The van der Waals surface area contributed by atoms with Crippen molar-refractivity contribution in [2.75, 3.05) is 7.11 Å². The van der Waals surface area contributed by atoms with Gasteiger partial charge in [0.1, 0.15) is 6.10 Å². The van der Waals surface area contributed by atoms with Crippen LogP contribution in [0.2, 0.25) is 0 Å². The number of aliphatic hydroxyl groups excluding tert-OH is 1. The standard InChI is InChI=1S/C26H40O6/c1-16(8-10-19-17(2)14-21(28)32-19)9-11-20-24(3)12-7-13-25(4,23(29)31-6)22(24)18(27)15-26(20,5)30/h8,14,18-20,22,27,30H,7,9-13,15H2,1-6H3/b16-8+/t18-,19-,20+,22+,24+,25+,26+/m0/s1. The van der Waals surface area contributed by atoms with Crippen molar-refractivity contribution in [3.8, 4) is 0 Å². The van der Waals surface area contributed by atoms with Crippen molar-refractivity contribution >= 4 is 11.9 Å². The Labute approximate surface area is 192 Å². The Morgan fingerprint density at radius 1 is 1.31 bits per heavy atom. The van der Waals surface area contributed by atoms with Crippen molar-refractivity contribution in [2.45, 2.75) is 97.4 Å². The molecule has 2 fully saturated rings. The van der Waals surface area contributed by atoms with Gasteiger partial charge in [-0.2, -0.15) is 0 Å². The van der Waals surface area contributed by atoms with Gasteiger partial charge >= 0.3 is 11.9 Å². The van der Waals surface area contributed by atoms with Crippen molar-refractivity contribution in [1.82, 2.24) is 0 Å². The molecule has 2 aliphatic carbocycles. The predicted molar refractivity (Wildman–Crippen MR) is 122 cm³/mol. The quantitative estimate of drug-likeness (QED) is 0.470. The summed E-state index contributed by atoms with van der Waals surface area (Å²) in [6.07, 6.45) is 7.63. The minimum absolute atomic E-state index is 0.0537. The van der Waals surface area contributed by atoms with Gasteiger partial charge in [-0.3, -0.25) is 4.79 Å². The fraction of sp³-hybridized carbons (Fsp3) is 0.769. The molecule has 180 valence electrons.